The van der Waals surface area contributed by atoms with Gasteiger partial charge in [-0.25, -0.2) is 4.79 Å². The van der Waals surface area contributed by atoms with Crippen LogP contribution in [0.3, 0.4) is 0 Å². The molecule has 2 unspecified atom stereocenters. The van der Waals surface area contributed by atoms with Crippen molar-refractivity contribution in [1.29, 1.82) is 0 Å². The number of rotatable bonds is 15. The van der Waals surface area contributed by atoms with Crippen molar-refractivity contribution in [1.82, 2.24) is 15.5 Å². The molecule has 0 heterocycles. The summed E-state index contributed by atoms with van der Waals surface area (Å²) in [6.45, 7) is 12.0. The molecule has 0 aliphatic carbocycles. The van der Waals surface area contributed by atoms with Crippen LogP contribution in [0.15, 0.2) is 24.3 Å². The normalized spacial score (nSPS) is 12.9. The lowest BCUT2D eigenvalue weighted by molar-refractivity contribution is -0.142. The highest BCUT2D eigenvalue weighted by Crippen LogP contribution is 2.25. The number of alkyl carbamates (subject to hydrolysis) is 1. The summed E-state index contributed by atoms with van der Waals surface area (Å²) in [7, 11) is 0. The van der Waals surface area contributed by atoms with E-state index in [4.69, 9.17) is 4.74 Å². The molecule has 0 spiro atoms. The van der Waals surface area contributed by atoms with E-state index in [0.29, 0.717) is 18.7 Å². The summed E-state index contributed by atoms with van der Waals surface area (Å²) in [4.78, 5) is 41.0. The fraction of sp³-hybridized carbons (Fsp3) is 0.679. The maximum absolute atomic E-state index is 13.7. The number of hydrogen-bond donors (Lipinski definition) is 3. The number of ether oxygens (including phenoxy) is 1. The average Bonchev–Trinajstić information content (AvgIpc) is 2.80. The molecule has 0 saturated carbocycles. The standard InChI is InChI=1S/C28H47N3O5/c1-7-9-11-12-14-20-31(26(34)21(3)30-27(35)36-28(4,5)6)24(22-15-17-23(32)18-16-22)25(33)29-19-13-10-8-2/h15-18,21,24,32H,7-14,19-20H2,1-6H3,(H,29,33)(H,30,35). The second-order valence-electron chi connectivity index (χ2n) is 10.3. The van der Waals surface area contributed by atoms with E-state index in [2.05, 4.69) is 24.5 Å². The zero-order valence-electron chi connectivity index (χ0n) is 23.1. The molecule has 8 heteroatoms. The van der Waals surface area contributed by atoms with Crippen LogP contribution < -0.4 is 10.6 Å². The summed E-state index contributed by atoms with van der Waals surface area (Å²) in [5.41, 5.74) is -0.0918. The molecule has 2 atom stereocenters. The Morgan fingerprint density at radius 3 is 2.11 bits per heavy atom. The Labute approximate surface area is 217 Å². The molecule has 1 rings (SSSR count). The van der Waals surface area contributed by atoms with Crippen LogP contribution in [0.5, 0.6) is 5.75 Å². The molecule has 204 valence electrons. The molecule has 8 nitrogen and oxygen atoms in total. The molecule has 0 saturated heterocycles. The Balaban J connectivity index is 3.20. The molecular formula is C28H47N3O5. The lowest BCUT2D eigenvalue weighted by Crippen LogP contribution is -2.52. The first-order chi connectivity index (χ1) is 17.0. The Hall–Kier alpha value is -2.77. The van der Waals surface area contributed by atoms with Crippen LogP contribution in [0, 0.1) is 0 Å². The van der Waals surface area contributed by atoms with Crippen molar-refractivity contribution in [2.24, 2.45) is 0 Å². The minimum absolute atomic E-state index is 0.0817. The lowest BCUT2D eigenvalue weighted by Gasteiger charge is -2.34. The second kappa shape index (κ2) is 16.1. The summed E-state index contributed by atoms with van der Waals surface area (Å²) >= 11 is 0. The van der Waals surface area contributed by atoms with Crippen molar-refractivity contribution < 1.29 is 24.2 Å². The van der Waals surface area contributed by atoms with E-state index in [1.165, 1.54) is 12.1 Å². The molecule has 0 aliphatic rings. The predicted molar refractivity (Wildman–Crippen MR) is 143 cm³/mol. The minimum Gasteiger partial charge on any atom is -0.508 e. The van der Waals surface area contributed by atoms with Crippen molar-refractivity contribution in [2.45, 2.75) is 111 Å². The number of hydrogen-bond acceptors (Lipinski definition) is 5. The number of nitrogens with one attached hydrogen (secondary N) is 2. The van der Waals surface area contributed by atoms with Crippen LogP contribution in [0.25, 0.3) is 0 Å². The van der Waals surface area contributed by atoms with Gasteiger partial charge in [0.25, 0.3) is 0 Å². The van der Waals surface area contributed by atoms with Crippen LogP contribution in [0.2, 0.25) is 0 Å². The van der Waals surface area contributed by atoms with E-state index in [0.717, 1.165) is 51.4 Å². The molecule has 0 aliphatic heterocycles. The van der Waals surface area contributed by atoms with E-state index < -0.39 is 23.8 Å². The second-order valence-corrected chi connectivity index (χ2v) is 10.3. The van der Waals surface area contributed by atoms with Crippen molar-refractivity contribution in [3.63, 3.8) is 0 Å². The van der Waals surface area contributed by atoms with Gasteiger partial charge in [0.2, 0.25) is 11.8 Å². The number of nitrogens with zero attached hydrogens (tertiary/aromatic N) is 1. The van der Waals surface area contributed by atoms with Gasteiger partial charge in [0, 0.05) is 13.1 Å². The van der Waals surface area contributed by atoms with Crippen molar-refractivity contribution in [2.75, 3.05) is 13.1 Å². The quantitative estimate of drug-likeness (QED) is 0.275. The van der Waals surface area contributed by atoms with Gasteiger partial charge in [-0.05, 0) is 58.2 Å². The monoisotopic (exact) mass is 505 g/mol. The van der Waals surface area contributed by atoms with Gasteiger partial charge in [0.05, 0.1) is 0 Å². The predicted octanol–water partition coefficient (Wildman–Crippen LogP) is 5.45. The van der Waals surface area contributed by atoms with Gasteiger partial charge in [-0.15, -0.1) is 0 Å². The molecule has 1 aromatic rings. The van der Waals surface area contributed by atoms with Gasteiger partial charge >= 0.3 is 6.09 Å². The van der Waals surface area contributed by atoms with Crippen LogP contribution in [0.4, 0.5) is 4.79 Å². The molecule has 36 heavy (non-hydrogen) atoms. The number of phenolic OH excluding ortho intramolecular Hbond substituents is 1. The molecule has 3 amide bonds. The van der Waals surface area contributed by atoms with E-state index in [9.17, 15) is 19.5 Å². The highest BCUT2D eigenvalue weighted by atomic mass is 16.6. The number of benzene rings is 1. The van der Waals surface area contributed by atoms with Crippen LogP contribution >= 0.6 is 0 Å². The molecule has 0 aromatic heterocycles. The van der Waals surface area contributed by atoms with Gasteiger partial charge in [-0.1, -0.05) is 64.5 Å². The molecule has 1 aromatic carbocycles. The van der Waals surface area contributed by atoms with E-state index in [-0.39, 0.29) is 17.6 Å². The van der Waals surface area contributed by atoms with Crippen LogP contribution in [0.1, 0.15) is 105 Å². The first-order valence-electron chi connectivity index (χ1n) is 13.4. The first kappa shape index (κ1) is 31.3. The zero-order valence-corrected chi connectivity index (χ0v) is 23.1. The summed E-state index contributed by atoms with van der Waals surface area (Å²) in [5, 5.41) is 15.4. The van der Waals surface area contributed by atoms with Crippen molar-refractivity contribution >= 4 is 17.9 Å². The Kier molecular flexibility index (Phi) is 14.0. The summed E-state index contributed by atoms with van der Waals surface area (Å²) in [6, 6.07) is 4.58. The van der Waals surface area contributed by atoms with Gasteiger partial charge in [0.1, 0.15) is 23.4 Å². The number of aromatic hydroxyl groups is 1. The lowest BCUT2D eigenvalue weighted by atomic mass is 10.0. The Morgan fingerprint density at radius 2 is 1.53 bits per heavy atom. The van der Waals surface area contributed by atoms with E-state index in [1.807, 2.05) is 0 Å². The highest BCUT2D eigenvalue weighted by molar-refractivity contribution is 5.92. The third kappa shape index (κ3) is 11.8. The summed E-state index contributed by atoms with van der Waals surface area (Å²) in [6.07, 6.45) is 7.16. The number of amides is 3. The molecule has 3 N–H and O–H groups in total. The third-order valence-corrected chi connectivity index (χ3v) is 5.74. The van der Waals surface area contributed by atoms with Gasteiger partial charge in [-0.2, -0.15) is 0 Å². The number of phenols is 1. The first-order valence-corrected chi connectivity index (χ1v) is 13.4. The van der Waals surface area contributed by atoms with Crippen LogP contribution in [-0.4, -0.2) is 52.6 Å². The third-order valence-electron chi connectivity index (χ3n) is 5.74. The van der Waals surface area contributed by atoms with Gasteiger partial charge in [-0.3, -0.25) is 9.59 Å². The van der Waals surface area contributed by atoms with Crippen molar-refractivity contribution in [3.05, 3.63) is 29.8 Å². The van der Waals surface area contributed by atoms with E-state index in [1.54, 1.807) is 44.7 Å². The number of unbranched alkanes of at least 4 members (excludes halogenated alkanes) is 6. The average molecular weight is 506 g/mol. The van der Waals surface area contributed by atoms with Gasteiger partial charge in [0.15, 0.2) is 0 Å². The molecule has 0 bridgehead atoms. The highest BCUT2D eigenvalue weighted by Gasteiger charge is 2.34. The Bertz CT molecular complexity index is 804. The van der Waals surface area contributed by atoms with Crippen molar-refractivity contribution in [3.8, 4) is 5.75 Å². The summed E-state index contributed by atoms with van der Waals surface area (Å²) < 4.78 is 5.32. The van der Waals surface area contributed by atoms with E-state index >= 15 is 0 Å². The maximum atomic E-state index is 13.7. The molecule has 0 radical (unpaired) electrons. The number of carbonyl (C=O) groups is 3. The van der Waals surface area contributed by atoms with Gasteiger partial charge < -0.3 is 25.4 Å². The molecular weight excluding hydrogens is 458 g/mol. The zero-order chi connectivity index (χ0) is 27.1. The fourth-order valence-electron chi connectivity index (χ4n) is 3.86. The summed E-state index contributed by atoms with van der Waals surface area (Å²) in [5.74, 6) is -0.556. The largest absolute Gasteiger partial charge is 0.508 e. The SMILES string of the molecule is CCCCCCCN(C(=O)C(C)NC(=O)OC(C)(C)C)C(C(=O)NCCCCC)c1ccc(O)cc1. The smallest absolute Gasteiger partial charge is 0.408 e. The fourth-order valence-corrected chi connectivity index (χ4v) is 3.86. The minimum atomic E-state index is -0.886. The topological polar surface area (TPSA) is 108 Å². The van der Waals surface area contributed by atoms with Crippen LogP contribution in [-0.2, 0) is 14.3 Å². The number of carbonyl (C=O) groups excluding carboxylic acids is 3. The Morgan fingerprint density at radius 1 is 0.944 bits per heavy atom. The maximum Gasteiger partial charge on any atom is 0.408 e. The molecule has 0 fully saturated rings.